The summed E-state index contributed by atoms with van der Waals surface area (Å²) < 4.78 is 10.7. The zero-order valence-electron chi connectivity index (χ0n) is 18.8. The minimum absolute atomic E-state index is 0.0447. The number of hydrogen-bond acceptors (Lipinski definition) is 5. The molecule has 1 heterocycles. The molecule has 1 aliphatic carbocycles. The van der Waals surface area contributed by atoms with Crippen molar-refractivity contribution in [2.45, 2.75) is 50.6 Å². The van der Waals surface area contributed by atoms with Crippen LogP contribution in [0.15, 0.2) is 42.5 Å². The van der Waals surface area contributed by atoms with Crippen LogP contribution >= 0.6 is 11.6 Å². The summed E-state index contributed by atoms with van der Waals surface area (Å²) >= 11 is 5.97. The molecule has 0 aromatic heterocycles. The highest BCUT2D eigenvalue weighted by Gasteiger charge is 2.46. The summed E-state index contributed by atoms with van der Waals surface area (Å²) in [5.41, 5.74) is 0.850. The number of rotatable bonds is 6. The second-order valence-corrected chi connectivity index (χ2v) is 8.77. The largest absolute Gasteiger partial charge is 0.493 e. The summed E-state index contributed by atoms with van der Waals surface area (Å²) in [6.07, 6.45) is 4.63. The molecule has 0 N–H and O–H groups in total. The lowest BCUT2D eigenvalue weighted by Crippen LogP contribution is -2.51. The summed E-state index contributed by atoms with van der Waals surface area (Å²) in [6, 6.07) is 10.6. The van der Waals surface area contributed by atoms with Crippen molar-refractivity contribution in [2.24, 2.45) is 0 Å². The summed E-state index contributed by atoms with van der Waals surface area (Å²) in [4.78, 5) is 43.0. The van der Waals surface area contributed by atoms with Gasteiger partial charge < -0.3 is 14.4 Å². The van der Waals surface area contributed by atoms with Gasteiger partial charge in [-0.25, -0.2) is 4.90 Å². The van der Waals surface area contributed by atoms with Gasteiger partial charge in [0.15, 0.2) is 11.5 Å². The normalized spacial score (nSPS) is 19.0. The number of ether oxygens (including phenoxy) is 2. The molecule has 33 heavy (non-hydrogen) atoms. The molecular formula is C25H27ClN2O5. The maximum absolute atomic E-state index is 13.8. The van der Waals surface area contributed by atoms with E-state index in [-0.39, 0.29) is 30.2 Å². The number of benzene rings is 2. The van der Waals surface area contributed by atoms with Crippen LogP contribution in [-0.4, -0.2) is 48.9 Å². The number of anilines is 1. The zero-order chi connectivity index (χ0) is 23.5. The van der Waals surface area contributed by atoms with Gasteiger partial charge >= 0.3 is 0 Å². The highest BCUT2D eigenvalue weighted by Crippen LogP contribution is 2.34. The first-order valence-corrected chi connectivity index (χ1v) is 11.5. The first-order chi connectivity index (χ1) is 15.9. The predicted octanol–water partition coefficient (Wildman–Crippen LogP) is 4.46. The molecule has 0 spiro atoms. The van der Waals surface area contributed by atoms with Crippen molar-refractivity contribution < 1.29 is 23.9 Å². The van der Waals surface area contributed by atoms with Crippen molar-refractivity contribution in [2.75, 3.05) is 19.1 Å². The molecule has 4 rings (SSSR count). The van der Waals surface area contributed by atoms with Gasteiger partial charge in [0, 0.05) is 16.6 Å². The fourth-order valence-corrected chi connectivity index (χ4v) is 4.86. The van der Waals surface area contributed by atoms with Crippen LogP contribution in [0.25, 0.3) is 0 Å². The van der Waals surface area contributed by atoms with Gasteiger partial charge in [0.1, 0.15) is 6.04 Å². The molecule has 174 valence electrons. The molecule has 2 aliphatic rings. The number of carbonyl (C=O) groups is 3. The maximum Gasteiger partial charge on any atom is 0.257 e. The van der Waals surface area contributed by atoms with Crippen LogP contribution in [0, 0.1) is 0 Å². The molecule has 1 atom stereocenters. The molecule has 3 amide bonds. The average molecular weight is 471 g/mol. The van der Waals surface area contributed by atoms with Crippen LogP contribution < -0.4 is 14.4 Å². The van der Waals surface area contributed by atoms with E-state index in [9.17, 15) is 14.4 Å². The number of imide groups is 1. The minimum atomic E-state index is -0.850. The average Bonchev–Trinajstić information content (AvgIpc) is 3.13. The number of methoxy groups -OCH3 is 2. The summed E-state index contributed by atoms with van der Waals surface area (Å²) in [7, 11) is 3.04. The van der Waals surface area contributed by atoms with E-state index in [4.69, 9.17) is 21.1 Å². The topological polar surface area (TPSA) is 76.2 Å². The number of hydrogen-bond donors (Lipinski definition) is 0. The number of carbonyl (C=O) groups excluding carboxylic acids is 3. The first kappa shape index (κ1) is 23.1. The molecule has 2 aromatic carbocycles. The summed E-state index contributed by atoms with van der Waals surface area (Å²) in [5, 5.41) is 0.516. The van der Waals surface area contributed by atoms with Crippen LogP contribution in [-0.2, 0) is 9.59 Å². The zero-order valence-corrected chi connectivity index (χ0v) is 19.5. The Morgan fingerprint density at radius 2 is 1.64 bits per heavy atom. The van der Waals surface area contributed by atoms with Gasteiger partial charge in [-0.2, -0.15) is 0 Å². The molecule has 0 radical (unpaired) electrons. The fourth-order valence-electron chi connectivity index (χ4n) is 4.73. The quantitative estimate of drug-likeness (QED) is 0.582. The Balaban J connectivity index is 1.69. The van der Waals surface area contributed by atoms with Gasteiger partial charge in [0.25, 0.3) is 11.8 Å². The lowest BCUT2D eigenvalue weighted by atomic mass is 9.92. The van der Waals surface area contributed by atoms with E-state index in [2.05, 4.69) is 0 Å². The van der Waals surface area contributed by atoms with Crippen molar-refractivity contribution in [3.63, 3.8) is 0 Å². The Bertz CT molecular complexity index is 1050. The van der Waals surface area contributed by atoms with Crippen molar-refractivity contribution in [1.29, 1.82) is 0 Å². The standard InChI is InChI=1S/C25H27ClN2O5/c1-32-21-13-8-16(14-22(21)33-2)24(30)27(18-6-4-3-5-7-18)20-15-23(29)28(25(20)31)19-11-9-17(26)10-12-19/h8-14,18,20H,3-7,15H2,1-2H3. The Morgan fingerprint density at radius 1 is 0.970 bits per heavy atom. The van der Waals surface area contributed by atoms with Gasteiger partial charge in [0.2, 0.25) is 5.91 Å². The van der Waals surface area contributed by atoms with Crippen molar-refractivity contribution in [1.82, 2.24) is 4.90 Å². The summed E-state index contributed by atoms with van der Waals surface area (Å²) in [6.45, 7) is 0. The molecule has 2 aromatic rings. The molecular weight excluding hydrogens is 444 g/mol. The lowest BCUT2D eigenvalue weighted by Gasteiger charge is -2.37. The van der Waals surface area contributed by atoms with E-state index in [1.807, 2.05) is 0 Å². The van der Waals surface area contributed by atoms with Gasteiger partial charge in [-0.05, 0) is 55.3 Å². The maximum atomic E-state index is 13.8. The van der Waals surface area contributed by atoms with Gasteiger partial charge in [-0.1, -0.05) is 30.9 Å². The molecule has 1 saturated heterocycles. The van der Waals surface area contributed by atoms with E-state index < -0.39 is 6.04 Å². The third kappa shape index (κ3) is 4.55. The van der Waals surface area contributed by atoms with Crippen LogP contribution in [0.1, 0.15) is 48.9 Å². The van der Waals surface area contributed by atoms with Gasteiger partial charge in [0.05, 0.1) is 26.3 Å². The van der Waals surface area contributed by atoms with Crippen LogP contribution in [0.3, 0.4) is 0 Å². The van der Waals surface area contributed by atoms with Crippen LogP contribution in [0.4, 0.5) is 5.69 Å². The SMILES string of the molecule is COc1ccc(C(=O)N(C2CCCCC2)C2CC(=O)N(c3ccc(Cl)cc3)C2=O)cc1OC. The highest BCUT2D eigenvalue weighted by atomic mass is 35.5. The van der Waals surface area contributed by atoms with E-state index >= 15 is 0 Å². The van der Waals surface area contributed by atoms with Crippen LogP contribution in [0.2, 0.25) is 5.02 Å². The van der Waals surface area contributed by atoms with Crippen molar-refractivity contribution >= 4 is 35.0 Å². The Hall–Kier alpha value is -3.06. The van der Waals surface area contributed by atoms with E-state index in [0.717, 1.165) is 32.1 Å². The second-order valence-electron chi connectivity index (χ2n) is 8.34. The van der Waals surface area contributed by atoms with Crippen molar-refractivity contribution in [3.8, 4) is 11.5 Å². The molecule has 2 fully saturated rings. The smallest absolute Gasteiger partial charge is 0.257 e. The molecule has 1 unspecified atom stereocenters. The van der Waals surface area contributed by atoms with Crippen molar-refractivity contribution in [3.05, 3.63) is 53.1 Å². The molecule has 0 bridgehead atoms. The fraction of sp³-hybridized carbons (Fsp3) is 0.400. The van der Waals surface area contributed by atoms with Gasteiger partial charge in [-0.15, -0.1) is 0 Å². The van der Waals surface area contributed by atoms with Crippen LogP contribution in [0.5, 0.6) is 11.5 Å². The number of nitrogens with zero attached hydrogens (tertiary/aromatic N) is 2. The number of amides is 3. The monoisotopic (exact) mass is 470 g/mol. The summed E-state index contributed by atoms with van der Waals surface area (Å²) in [5.74, 6) is -0.0511. The third-order valence-corrected chi connectivity index (χ3v) is 6.63. The first-order valence-electron chi connectivity index (χ1n) is 11.1. The third-order valence-electron chi connectivity index (χ3n) is 6.38. The van der Waals surface area contributed by atoms with E-state index in [1.165, 1.54) is 19.1 Å². The molecule has 1 saturated carbocycles. The Labute approximate surface area is 198 Å². The number of halogens is 1. The minimum Gasteiger partial charge on any atom is -0.493 e. The molecule has 7 nitrogen and oxygen atoms in total. The highest BCUT2D eigenvalue weighted by molar-refractivity contribution is 6.31. The molecule has 8 heteroatoms. The van der Waals surface area contributed by atoms with E-state index in [0.29, 0.717) is 27.8 Å². The second kappa shape index (κ2) is 9.83. The lowest BCUT2D eigenvalue weighted by molar-refractivity contribution is -0.123. The Morgan fingerprint density at radius 3 is 2.27 bits per heavy atom. The van der Waals surface area contributed by atoms with Gasteiger partial charge in [-0.3, -0.25) is 14.4 Å². The predicted molar refractivity (Wildman–Crippen MR) is 125 cm³/mol. The molecule has 1 aliphatic heterocycles. The van der Waals surface area contributed by atoms with E-state index in [1.54, 1.807) is 47.4 Å². The Kier molecular flexibility index (Phi) is 6.88.